The summed E-state index contributed by atoms with van der Waals surface area (Å²) in [5, 5.41) is 2.78. The predicted octanol–water partition coefficient (Wildman–Crippen LogP) is 4.11. The molecule has 0 bridgehead atoms. The van der Waals surface area contributed by atoms with Gasteiger partial charge in [0.1, 0.15) is 5.75 Å². The van der Waals surface area contributed by atoms with E-state index in [1.807, 2.05) is 24.3 Å². The molecule has 0 radical (unpaired) electrons. The first-order valence-electron chi connectivity index (χ1n) is 9.20. The molecule has 2 aromatic rings. The number of hydrogen-bond donors (Lipinski definition) is 1. The number of hydrogen-bond acceptors (Lipinski definition) is 5. The van der Waals surface area contributed by atoms with Crippen LogP contribution in [0.5, 0.6) is 5.75 Å². The molecule has 0 unspecified atom stereocenters. The lowest BCUT2D eigenvalue weighted by Gasteiger charge is -2.17. The Labute approximate surface area is 184 Å². The molecule has 0 aromatic heterocycles. The highest BCUT2D eigenvalue weighted by Gasteiger charge is 2.28. The average Bonchev–Trinajstić information content (AvgIpc) is 3.25. The van der Waals surface area contributed by atoms with Gasteiger partial charge in [-0.05, 0) is 48.7 Å². The summed E-state index contributed by atoms with van der Waals surface area (Å²) in [6, 6.07) is 12.5. The Kier molecular flexibility index (Phi) is 7.61. The van der Waals surface area contributed by atoms with Crippen molar-refractivity contribution in [1.29, 1.82) is 0 Å². The molecule has 1 amide bonds. The first-order chi connectivity index (χ1) is 13.9. The number of anilines is 1. The van der Waals surface area contributed by atoms with Crippen molar-refractivity contribution in [2.45, 2.75) is 23.5 Å². The Morgan fingerprint density at radius 2 is 1.86 bits per heavy atom. The van der Waals surface area contributed by atoms with E-state index in [1.165, 1.54) is 35.3 Å². The Morgan fingerprint density at radius 3 is 2.52 bits per heavy atom. The lowest BCUT2D eigenvalue weighted by Crippen LogP contribution is -2.28. The fraction of sp³-hybridized carbons (Fsp3) is 0.350. The van der Waals surface area contributed by atoms with Crippen LogP contribution in [0.15, 0.2) is 51.8 Å². The van der Waals surface area contributed by atoms with E-state index in [0.29, 0.717) is 30.3 Å². The van der Waals surface area contributed by atoms with Crippen molar-refractivity contribution in [2.24, 2.45) is 0 Å². The smallest absolute Gasteiger partial charge is 0.243 e. The van der Waals surface area contributed by atoms with Crippen LogP contribution < -0.4 is 10.1 Å². The zero-order chi connectivity index (χ0) is 20.9. The van der Waals surface area contributed by atoms with Crippen molar-refractivity contribution in [3.63, 3.8) is 0 Å². The number of ether oxygens (including phenoxy) is 1. The van der Waals surface area contributed by atoms with Crippen LogP contribution in [0.25, 0.3) is 0 Å². The number of nitrogens with one attached hydrogen (secondary N) is 1. The molecule has 0 saturated carbocycles. The number of thioether (sulfide) groups is 1. The van der Waals surface area contributed by atoms with Gasteiger partial charge in [-0.15, -0.1) is 11.8 Å². The van der Waals surface area contributed by atoms with Gasteiger partial charge in [-0.2, -0.15) is 4.31 Å². The normalized spacial score (nSPS) is 14.7. The minimum Gasteiger partial charge on any atom is -0.495 e. The summed E-state index contributed by atoms with van der Waals surface area (Å²) in [6.07, 6.45) is 1.74. The number of methoxy groups -OCH3 is 1. The van der Waals surface area contributed by atoms with Crippen LogP contribution >= 0.6 is 27.7 Å². The molecule has 1 heterocycles. The van der Waals surface area contributed by atoms with Gasteiger partial charge in [0.15, 0.2) is 0 Å². The van der Waals surface area contributed by atoms with E-state index in [4.69, 9.17) is 4.74 Å². The molecule has 29 heavy (non-hydrogen) atoms. The maximum absolute atomic E-state index is 12.8. The number of amides is 1. The highest BCUT2D eigenvalue weighted by molar-refractivity contribution is 9.10. The maximum Gasteiger partial charge on any atom is 0.243 e. The summed E-state index contributed by atoms with van der Waals surface area (Å²) in [4.78, 5) is 12.6. The van der Waals surface area contributed by atoms with Gasteiger partial charge in [-0.1, -0.05) is 28.1 Å². The molecule has 0 aliphatic carbocycles. The summed E-state index contributed by atoms with van der Waals surface area (Å²) >= 11 is 4.89. The Bertz CT molecular complexity index is 959. The fourth-order valence-corrected chi connectivity index (χ4v) is 5.65. The summed E-state index contributed by atoms with van der Waals surface area (Å²) < 4.78 is 33.4. The number of nitrogens with zero attached hydrogens (tertiary/aromatic N) is 1. The molecule has 1 aliphatic heterocycles. The van der Waals surface area contributed by atoms with Crippen LogP contribution in [-0.4, -0.2) is 44.6 Å². The molecule has 2 aromatic carbocycles. The van der Waals surface area contributed by atoms with Gasteiger partial charge in [-0.25, -0.2) is 8.42 Å². The summed E-state index contributed by atoms with van der Waals surface area (Å²) in [5.41, 5.74) is 1.49. The highest BCUT2D eigenvalue weighted by Crippen LogP contribution is 2.30. The molecule has 9 heteroatoms. The standard InChI is InChI=1S/C20H23BrN2O4S2/c1-27-19-9-8-17(29(25,26)23-10-2-3-11-23)12-18(19)22-20(24)14-28-13-15-4-6-16(21)7-5-15/h4-9,12H,2-3,10-11,13-14H2,1H3,(H,22,24). The molecular formula is C20H23BrN2O4S2. The number of sulfonamides is 1. The SMILES string of the molecule is COc1ccc(S(=O)(=O)N2CCCC2)cc1NC(=O)CSCc1ccc(Br)cc1. The topological polar surface area (TPSA) is 75.7 Å². The number of rotatable bonds is 8. The van der Waals surface area contributed by atoms with Gasteiger partial charge in [0.25, 0.3) is 0 Å². The Balaban J connectivity index is 1.65. The van der Waals surface area contributed by atoms with Crippen LogP contribution in [-0.2, 0) is 20.6 Å². The third kappa shape index (κ3) is 5.75. The average molecular weight is 499 g/mol. The van der Waals surface area contributed by atoms with Crippen molar-refractivity contribution < 1.29 is 17.9 Å². The predicted molar refractivity (Wildman–Crippen MR) is 120 cm³/mol. The zero-order valence-electron chi connectivity index (χ0n) is 16.1. The van der Waals surface area contributed by atoms with Gasteiger partial charge in [0.2, 0.25) is 15.9 Å². The summed E-state index contributed by atoms with van der Waals surface area (Å²) in [6.45, 7) is 1.06. The zero-order valence-corrected chi connectivity index (χ0v) is 19.3. The van der Waals surface area contributed by atoms with E-state index in [1.54, 1.807) is 6.07 Å². The third-order valence-electron chi connectivity index (χ3n) is 4.56. The van der Waals surface area contributed by atoms with Gasteiger partial charge in [0.05, 0.1) is 23.4 Å². The van der Waals surface area contributed by atoms with E-state index in [0.717, 1.165) is 22.9 Å². The molecule has 1 fully saturated rings. The van der Waals surface area contributed by atoms with E-state index in [2.05, 4.69) is 21.2 Å². The summed E-state index contributed by atoms with van der Waals surface area (Å²) in [7, 11) is -2.07. The van der Waals surface area contributed by atoms with Gasteiger partial charge in [0, 0.05) is 23.3 Å². The number of halogens is 1. The Hall–Kier alpha value is -1.55. The second kappa shape index (κ2) is 9.97. The second-order valence-corrected chi connectivity index (χ2v) is 10.5. The molecule has 0 atom stereocenters. The molecular weight excluding hydrogens is 476 g/mol. The van der Waals surface area contributed by atoms with Crippen LogP contribution in [0.1, 0.15) is 18.4 Å². The van der Waals surface area contributed by atoms with E-state index in [-0.39, 0.29) is 16.6 Å². The molecule has 3 rings (SSSR count). The largest absolute Gasteiger partial charge is 0.495 e. The minimum atomic E-state index is -3.56. The van der Waals surface area contributed by atoms with E-state index >= 15 is 0 Å². The third-order valence-corrected chi connectivity index (χ3v) is 7.99. The van der Waals surface area contributed by atoms with Gasteiger partial charge >= 0.3 is 0 Å². The second-order valence-electron chi connectivity index (χ2n) is 6.64. The molecule has 1 saturated heterocycles. The molecule has 1 N–H and O–H groups in total. The number of carbonyl (C=O) groups excluding carboxylic acids is 1. The first-order valence-corrected chi connectivity index (χ1v) is 12.6. The molecule has 1 aliphatic rings. The first kappa shape index (κ1) is 22.1. The van der Waals surface area contributed by atoms with Crippen molar-refractivity contribution >= 4 is 49.3 Å². The van der Waals surface area contributed by atoms with Crippen molar-refractivity contribution in [3.05, 3.63) is 52.5 Å². The molecule has 6 nitrogen and oxygen atoms in total. The van der Waals surface area contributed by atoms with Crippen molar-refractivity contribution in [3.8, 4) is 5.75 Å². The van der Waals surface area contributed by atoms with Crippen molar-refractivity contribution in [2.75, 3.05) is 31.3 Å². The quantitative estimate of drug-likeness (QED) is 0.592. The monoisotopic (exact) mass is 498 g/mol. The number of carbonyl (C=O) groups is 1. The van der Waals surface area contributed by atoms with Crippen LogP contribution in [0.2, 0.25) is 0 Å². The lowest BCUT2D eigenvalue weighted by molar-refractivity contribution is -0.113. The van der Waals surface area contributed by atoms with Gasteiger partial charge in [-0.3, -0.25) is 4.79 Å². The van der Waals surface area contributed by atoms with Crippen LogP contribution in [0, 0.1) is 0 Å². The van der Waals surface area contributed by atoms with Crippen molar-refractivity contribution in [1.82, 2.24) is 4.31 Å². The molecule has 156 valence electrons. The number of benzene rings is 2. The highest BCUT2D eigenvalue weighted by atomic mass is 79.9. The maximum atomic E-state index is 12.8. The van der Waals surface area contributed by atoms with E-state index < -0.39 is 10.0 Å². The van der Waals surface area contributed by atoms with Crippen LogP contribution in [0.4, 0.5) is 5.69 Å². The summed E-state index contributed by atoms with van der Waals surface area (Å²) in [5.74, 6) is 1.18. The minimum absolute atomic E-state index is 0.165. The Morgan fingerprint density at radius 1 is 1.17 bits per heavy atom. The molecule has 0 spiro atoms. The van der Waals surface area contributed by atoms with Gasteiger partial charge < -0.3 is 10.1 Å². The lowest BCUT2D eigenvalue weighted by atomic mass is 10.2. The van der Waals surface area contributed by atoms with Crippen LogP contribution in [0.3, 0.4) is 0 Å². The fourth-order valence-electron chi connectivity index (χ4n) is 3.05. The van der Waals surface area contributed by atoms with E-state index in [9.17, 15) is 13.2 Å².